The molecular weight excluding hydrogens is 350 g/mol. The number of hydrogen-bond acceptors (Lipinski definition) is 5. The third-order valence-corrected chi connectivity index (χ3v) is 5.42. The van der Waals surface area contributed by atoms with Gasteiger partial charge in [0.15, 0.2) is 6.29 Å². The normalized spacial score (nSPS) is 22.1. The molecule has 0 radical (unpaired) electrons. The van der Waals surface area contributed by atoms with Gasteiger partial charge in [-0.3, -0.25) is 10.1 Å². The largest absolute Gasteiger partial charge is 0.323 e. The molecule has 1 aromatic heterocycles. The summed E-state index contributed by atoms with van der Waals surface area (Å²) in [6, 6.07) is 16.1. The molecule has 3 unspecified atom stereocenters. The lowest BCUT2D eigenvalue weighted by Gasteiger charge is -2.36. The van der Waals surface area contributed by atoms with E-state index in [2.05, 4.69) is 45.0 Å². The molecule has 28 heavy (non-hydrogen) atoms. The van der Waals surface area contributed by atoms with Crippen LogP contribution in [0.2, 0.25) is 0 Å². The predicted octanol–water partition coefficient (Wildman–Crippen LogP) is 2.91. The fourth-order valence-corrected chi connectivity index (χ4v) is 3.75. The molecule has 144 valence electrons. The molecule has 6 nitrogen and oxygen atoms in total. The summed E-state index contributed by atoms with van der Waals surface area (Å²) in [5.74, 6) is 0.404. The van der Waals surface area contributed by atoms with Crippen LogP contribution >= 0.6 is 0 Å². The van der Waals surface area contributed by atoms with Crippen LogP contribution in [0.3, 0.4) is 0 Å². The zero-order valence-corrected chi connectivity index (χ0v) is 16.4. The van der Waals surface area contributed by atoms with Crippen molar-refractivity contribution in [1.29, 1.82) is 0 Å². The van der Waals surface area contributed by atoms with Crippen LogP contribution in [0, 0.1) is 19.8 Å². The number of benzene rings is 2. The van der Waals surface area contributed by atoms with Crippen molar-refractivity contribution >= 4 is 22.8 Å². The average molecular weight is 375 g/mol. The number of aryl methyl sites for hydroxylation is 2. The summed E-state index contributed by atoms with van der Waals surface area (Å²) in [6.07, 6.45) is 0.307. The number of carbonyl (C=O) groups is 1. The maximum atomic E-state index is 12.8. The van der Waals surface area contributed by atoms with Gasteiger partial charge in [0, 0.05) is 11.4 Å². The summed E-state index contributed by atoms with van der Waals surface area (Å²) >= 11 is 0. The van der Waals surface area contributed by atoms with Gasteiger partial charge in [-0.05, 0) is 44.4 Å². The van der Waals surface area contributed by atoms with Crippen molar-refractivity contribution in [3.63, 3.8) is 0 Å². The molecule has 3 atom stereocenters. The predicted molar refractivity (Wildman–Crippen MR) is 111 cm³/mol. The second-order valence-corrected chi connectivity index (χ2v) is 7.43. The van der Waals surface area contributed by atoms with Gasteiger partial charge in [0.1, 0.15) is 0 Å². The lowest BCUT2D eigenvalue weighted by molar-refractivity contribution is -0.128. The summed E-state index contributed by atoms with van der Waals surface area (Å²) in [5.41, 5.74) is 4.20. The minimum Gasteiger partial charge on any atom is -0.323 e. The molecule has 1 aliphatic heterocycles. The molecule has 1 saturated heterocycles. The molecule has 0 bridgehead atoms. The molecule has 1 aliphatic rings. The number of amides is 1. The van der Waals surface area contributed by atoms with Crippen molar-refractivity contribution in [2.45, 2.75) is 39.5 Å². The second-order valence-electron chi connectivity index (χ2n) is 7.43. The highest BCUT2D eigenvalue weighted by Gasteiger charge is 2.33. The van der Waals surface area contributed by atoms with Crippen LogP contribution in [0.25, 0.3) is 10.9 Å². The highest BCUT2D eigenvalue weighted by Crippen LogP contribution is 2.20. The van der Waals surface area contributed by atoms with E-state index in [1.165, 1.54) is 11.1 Å². The Morgan fingerprint density at radius 3 is 2.57 bits per heavy atom. The topological polar surface area (TPSA) is 78.9 Å². The molecule has 6 heteroatoms. The van der Waals surface area contributed by atoms with E-state index in [0.717, 1.165) is 16.6 Å². The standard InChI is InChI=1S/C22H25N5O/c1-13-8-4-5-9-16(13)12-18-15(3)24-22(26-20(18)28)27-21-23-14(2)17-10-6-7-11-19(17)25-21/h4-11,15,18,22,24H,12H2,1-3H3,(H,26,28)(H,23,25,27). The van der Waals surface area contributed by atoms with E-state index in [4.69, 9.17) is 0 Å². The smallest absolute Gasteiger partial charge is 0.227 e. The van der Waals surface area contributed by atoms with E-state index < -0.39 is 6.29 Å². The van der Waals surface area contributed by atoms with E-state index in [-0.39, 0.29) is 17.9 Å². The molecular formula is C22H25N5O. The first kappa shape index (κ1) is 18.4. The van der Waals surface area contributed by atoms with E-state index in [1.807, 2.05) is 50.2 Å². The van der Waals surface area contributed by atoms with Gasteiger partial charge in [-0.2, -0.15) is 0 Å². The van der Waals surface area contributed by atoms with E-state index in [9.17, 15) is 4.79 Å². The van der Waals surface area contributed by atoms with Gasteiger partial charge in [0.2, 0.25) is 11.9 Å². The number of rotatable bonds is 4. The Kier molecular flexibility index (Phi) is 4.96. The molecule has 1 fully saturated rings. The second kappa shape index (κ2) is 7.56. The van der Waals surface area contributed by atoms with Gasteiger partial charge in [0.05, 0.1) is 17.1 Å². The van der Waals surface area contributed by atoms with E-state index in [1.54, 1.807) is 0 Å². The lowest BCUT2D eigenvalue weighted by atomic mass is 9.89. The first-order valence-electron chi connectivity index (χ1n) is 9.62. The monoisotopic (exact) mass is 375 g/mol. The third-order valence-electron chi connectivity index (χ3n) is 5.42. The first-order chi connectivity index (χ1) is 13.5. The Morgan fingerprint density at radius 1 is 1.04 bits per heavy atom. The average Bonchev–Trinajstić information content (AvgIpc) is 2.66. The van der Waals surface area contributed by atoms with Crippen molar-refractivity contribution in [2.75, 3.05) is 5.32 Å². The summed E-state index contributed by atoms with van der Waals surface area (Å²) < 4.78 is 0. The number of nitrogens with one attached hydrogen (secondary N) is 3. The van der Waals surface area contributed by atoms with E-state index >= 15 is 0 Å². The zero-order valence-electron chi connectivity index (χ0n) is 16.4. The quantitative estimate of drug-likeness (QED) is 0.653. The molecule has 0 aliphatic carbocycles. The Balaban J connectivity index is 1.47. The van der Waals surface area contributed by atoms with Gasteiger partial charge in [0.25, 0.3) is 0 Å². The van der Waals surface area contributed by atoms with Gasteiger partial charge >= 0.3 is 0 Å². The van der Waals surface area contributed by atoms with Crippen LogP contribution in [0.1, 0.15) is 23.7 Å². The van der Waals surface area contributed by atoms with Crippen LogP contribution < -0.4 is 16.0 Å². The fourth-order valence-electron chi connectivity index (χ4n) is 3.75. The molecule has 0 spiro atoms. The maximum Gasteiger partial charge on any atom is 0.227 e. The first-order valence-corrected chi connectivity index (χ1v) is 9.62. The van der Waals surface area contributed by atoms with Crippen molar-refractivity contribution in [3.8, 4) is 0 Å². The minimum absolute atomic E-state index is 0.0207. The number of aromatic nitrogens is 2. The van der Waals surface area contributed by atoms with Crippen molar-refractivity contribution in [2.24, 2.45) is 5.92 Å². The molecule has 4 rings (SSSR count). The van der Waals surface area contributed by atoms with Crippen LogP contribution in [0.4, 0.5) is 5.95 Å². The summed E-state index contributed by atoms with van der Waals surface area (Å²) in [5, 5.41) is 10.7. The Bertz CT molecular complexity index is 1020. The van der Waals surface area contributed by atoms with Crippen LogP contribution in [0.5, 0.6) is 0 Å². The molecule has 2 heterocycles. The molecule has 3 N–H and O–H groups in total. The van der Waals surface area contributed by atoms with Gasteiger partial charge in [-0.1, -0.05) is 42.5 Å². The van der Waals surface area contributed by atoms with Gasteiger partial charge in [-0.15, -0.1) is 0 Å². The highest BCUT2D eigenvalue weighted by atomic mass is 16.2. The van der Waals surface area contributed by atoms with E-state index in [0.29, 0.717) is 12.4 Å². The van der Waals surface area contributed by atoms with Gasteiger partial charge in [-0.25, -0.2) is 9.97 Å². The minimum atomic E-state index is -0.406. The number of fused-ring (bicyclic) bond motifs is 1. The Labute approximate surface area is 164 Å². The SMILES string of the molecule is Cc1ccccc1CC1C(=O)NC(Nc2nc(C)c3ccccc3n2)NC1C. The molecule has 2 aromatic carbocycles. The van der Waals surface area contributed by atoms with Crippen LogP contribution in [-0.2, 0) is 11.2 Å². The summed E-state index contributed by atoms with van der Waals surface area (Å²) in [7, 11) is 0. The summed E-state index contributed by atoms with van der Waals surface area (Å²) in [6.45, 7) is 6.09. The van der Waals surface area contributed by atoms with Crippen molar-refractivity contribution in [3.05, 3.63) is 65.4 Å². The number of hydrogen-bond donors (Lipinski definition) is 3. The third kappa shape index (κ3) is 3.68. The van der Waals surface area contributed by atoms with Crippen molar-refractivity contribution < 1.29 is 4.79 Å². The number of nitrogens with zero attached hydrogens (tertiary/aromatic N) is 2. The number of para-hydroxylation sites is 1. The highest BCUT2D eigenvalue weighted by molar-refractivity contribution is 5.82. The van der Waals surface area contributed by atoms with Gasteiger partial charge < -0.3 is 10.6 Å². The molecule has 3 aromatic rings. The number of anilines is 1. The molecule has 0 saturated carbocycles. The number of carbonyl (C=O) groups excluding carboxylic acids is 1. The van der Waals surface area contributed by atoms with Crippen molar-refractivity contribution in [1.82, 2.24) is 20.6 Å². The summed E-state index contributed by atoms with van der Waals surface area (Å²) in [4.78, 5) is 21.9. The Hall–Kier alpha value is -2.99. The Morgan fingerprint density at radius 2 is 1.79 bits per heavy atom. The van der Waals surface area contributed by atoms with Crippen LogP contribution in [0.15, 0.2) is 48.5 Å². The van der Waals surface area contributed by atoms with Crippen LogP contribution in [-0.4, -0.2) is 28.2 Å². The maximum absolute atomic E-state index is 12.8. The fraction of sp³-hybridized carbons (Fsp3) is 0.318. The lowest BCUT2D eigenvalue weighted by Crippen LogP contribution is -2.63. The molecule has 1 amide bonds. The zero-order chi connectivity index (χ0) is 19.7.